The first kappa shape index (κ1) is 11.2. The minimum atomic E-state index is -0.197. The predicted octanol–water partition coefficient (Wildman–Crippen LogP) is 2.57. The van der Waals surface area contributed by atoms with Crippen molar-refractivity contribution in [3.8, 4) is 11.1 Å². The second kappa shape index (κ2) is 4.42. The van der Waals surface area contributed by atoms with Crippen molar-refractivity contribution in [3.63, 3.8) is 0 Å². The molecule has 1 aliphatic rings. The normalized spacial score (nSPS) is 12.9. The zero-order valence-corrected chi connectivity index (χ0v) is 11.3. The van der Waals surface area contributed by atoms with Gasteiger partial charge in [-0.15, -0.1) is 0 Å². The molecule has 2 aromatic rings. The van der Waals surface area contributed by atoms with E-state index >= 15 is 0 Å². The van der Waals surface area contributed by atoms with Crippen LogP contribution < -0.4 is 0 Å². The molecule has 0 spiro atoms. The van der Waals surface area contributed by atoms with Crippen LogP contribution in [-0.4, -0.2) is 22.4 Å². The van der Waals surface area contributed by atoms with E-state index in [1.807, 2.05) is 24.3 Å². The maximum atomic E-state index is 11.0. The molecule has 0 aromatic heterocycles. The van der Waals surface area contributed by atoms with Gasteiger partial charge >= 0.3 is 0 Å². The molecule has 2 aromatic carbocycles. The number of carbonyl (C=O) groups is 1. The van der Waals surface area contributed by atoms with Crippen molar-refractivity contribution >= 4 is 15.8 Å². The van der Waals surface area contributed by atoms with Crippen LogP contribution in [0.5, 0.6) is 0 Å². The number of hydrogen-bond donors (Lipinski definition) is 0. The molecule has 18 heavy (non-hydrogen) atoms. The molecule has 1 radical (unpaired) electrons. The van der Waals surface area contributed by atoms with Gasteiger partial charge in [-0.3, -0.25) is 4.79 Å². The summed E-state index contributed by atoms with van der Waals surface area (Å²) in [6.07, 6.45) is 0. The van der Waals surface area contributed by atoms with E-state index in [2.05, 4.69) is 24.3 Å². The zero-order valence-electron chi connectivity index (χ0n) is 9.93. The van der Waals surface area contributed by atoms with Gasteiger partial charge in [-0.05, 0) is 22.3 Å². The molecular formula is C15H13O2Si. The van der Waals surface area contributed by atoms with E-state index in [1.54, 1.807) is 0 Å². The summed E-state index contributed by atoms with van der Waals surface area (Å²) in [4.78, 5) is 11.0. The van der Waals surface area contributed by atoms with Gasteiger partial charge in [0, 0.05) is 5.92 Å². The predicted molar refractivity (Wildman–Crippen MR) is 73.6 cm³/mol. The topological polar surface area (TPSA) is 26.3 Å². The van der Waals surface area contributed by atoms with Crippen LogP contribution in [0.1, 0.15) is 17.0 Å². The largest absolute Gasteiger partial charge is 0.470 e. The van der Waals surface area contributed by atoms with Crippen molar-refractivity contribution in [2.24, 2.45) is 0 Å². The molecule has 0 bridgehead atoms. The Bertz CT molecular complexity index is 561. The minimum Gasteiger partial charge on any atom is -0.470 e. The van der Waals surface area contributed by atoms with Crippen LogP contribution in [0.25, 0.3) is 11.1 Å². The number of rotatable bonds is 2. The molecule has 3 heteroatoms. The highest BCUT2D eigenvalue weighted by Gasteiger charge is 2.28. The monoisotopic (exact) mass is 253 g/mol. The van der Waals surface area contributed by atoms with E-state index in [0.29, 0.717) is 6.61 Å². The molecule has 0 atom stereocenters. The van der Waals surface area contributed by atoms with Crippen molar-refractivity contribution < 1.29 is 9.53 Å². The Morgan fingerprint density at radius 3 is 2.00 bits per heavy atom. The Kier molecular flexibility index (Phi) is 2.76. The van der Waals surface area contributed by atoms with Gasteiger partial charge in [-0.1, -0.05) is 48.5 Å². The molecule has 89 valence electrons. The Labute approximate surface area is 109 Å². The van der Waals surface area contributed by atoms with Crippen molar-refractivity contribution in [1.82, 2.24) is 0 Å². The second-order valence-corrected chi connectivity index (χ2v) is 4.99. The van der Waals surface area contributed by atoms with Gasteiger partial charge in [-0.2, -0.15) is 0 Å². The lowest BCUT2D eigenvalue weighted by molar-refractivity contribution is 0.170. The maximum Gasteiger partial charge on any atom is 0.261 e. The third-order valence-corrected chi connectivity index (χ3v) is 3.58. The lowest BCUT2D eigenvalue weighted by Gasteiger charge is -2.13. The fourth-order valence-electron chi connectivity index (χ4n) is 2.62. The van der Waals surface area contributed by atoms with Gasteiger partial charge in [0.1, 0.15) is 6.61 Å². The molecule has 0 saturated carbocycles. The van der Waals surface area contributed by atoms with E-state index in [-0.39, 0.29) is 11.5 Å². The van der Waals surface area contributed by atoms with Crippen LogP contribution in [0.2, 0.25) is 0 Å². The third kappa shape index (κ3) is 1.77. The zero-order chi connectivity index (χ0) is 12.5. The van der Waals surface area contributed by atoms with Crippen LogP contribution in [0, 0.1) is 0 Å². The highest BCUT2D eigenvalue weighted by atomic mass is 28.1. The summed E-state index contributed by atoms with van der Waals surface area (Å²) in [5.74, 6) is 0.172. The van der Waals surface area contributed by atoms with Crippen LogP contribution in [0.3, 0.4) is 0 Å². The molecule has 0 unspecified atom stereocenters. The van der Waals surface area contributed by atoms with Gasteiger partial charge < -0.3 is 4.74 Å². The Hall–Kier alpha value is -1.87. The molecule has 0 saturated heterocycles. The number of hydrogen-bond acceptors (Lipinski definition) is 2. The Morgan fingerprint density at radius 1 is 1.00 bits per heavy atom. The Morgan fingerprint density at radius 2 is 1.50 bits per heavy atom. The first-order valence-corrected chi connectivity index (χ1v) is 6.65. The SMILES string of the molecule is O=C([SiH2])OCC1c2ccccc2-c2ccccc21. The molecule has 0 aliphatic heterocycles. The van der Waals surface area contributed by atoms with Gasteiger partial charge in [0.25, 0.3) is 5.59 Å². The van der Waals surface area contributed by atoms with Gasteiger partial charge in [-0.25, -0.2) is 0 Å². The van der Waals surface area contributed by atoms with Gasteiger partial charge in [0.15, 0.2) is 10.2 Å². The minimum absolute atomic E-state index is 0.172. The Balaban J connectivity index is 2.06. The number of ether oxygens (including phenoxy) is 1. The first-order valence-electron chi connectivity index (χ1n) is 5.94. The van der Waals surface area contributed by atoms with Crippen LogP contribution in [0.4, 0.5) is 4.79 Å². The van der Waals surface area contributed by atoms with Crippen LogP contribution in [0.15, 0.2) is 48.5 Å². The molecule has 0 heterocycles. The average molecular weight is 253 g/mol. The van der Waals surface area contributed by atoms with Crippen molar-refractivity contribution in [2.45, 2.75) is 5.92 Å². The summed E-state index contributed by atoms with van der Waals surface area (Å²) in [6.45, 7) is 0.427. The molecule has 2 nitrogen and oxygen atoms in total. The molecule has 3 rings (SSSR count). The molecule has 0 fully saturated rings. The number of benzene rings is 2. The van der Waals surface area contributed by atoms with Crippen molar-refractivity contribution in [3.05, 3.63) is 59.7 Å². The maximum absolute atomic E-state index is 11.0. The molecular weight excluding hydrogens is 240 g/mol. The number of fused-ring (bicyclic) bond motifs is 3. The van der Waals surface area contributed by atoms with Gasteiger partial charge in [0.2, 0.25) is 0 Å². The summed E-state index contributed by atoms with van der Waals surface area (Å²) in [7, 11) is 1.25. The molecule has 0 N–H and O–H groups in total. The standard InChI is InChI=1S/C15H13O2Si/c16-15(18)17-9-14-12-7-3-1-5-10(12)11-6-2-4-8-13(11)14/h1-8,14H,9,18H2. The van der Waals surface area contributed by atoms with Crippen molar-refractivity contribution in [1.29, 1.82) is 0 Å². The lowest BCUT2D eigenvalue weighted by atomic mass is 9.98. The highest BCUT2D eigenvalue weighted by molar-refractivity contribution is 6.55. The first-order chi connectivity index (χ1) is 8.77. The van der Waals surface area contributed by atoms with E-state index in [9.17, 15) is 4.79 Å². The average Bonchev–Trinajstić information content (AvgIpc) is 2.71. The fraction of sp³-hybridized carbons (Fsp3) is 0.133. The number of carbonyl (C=O) groups excluding carboxylic acids is 1. The van der Waals surface area contributed by atoms with Gasteiger partial charge in [0.05, 0.1) is 0 Å². The summed E-state index contributed by atoms with van der Waals surface area (Å²) in [5, 5.41) is 0. The van der Waals surface area contributed by atoms with E-state index < -0.39 is 0 Å². The summed E-state index contributed by atoms with van der Waals surface area (Å²) in [5.41, 5.74) is 4.82. The van der Waals surface area contributed by atoms with Crippen molar-refractivity contribution in [2.75, 3.05) is 6.61 Å². The highest BCUT2D eigenvalue weighted by Crippen LogP contribution is 2.44. The fourth-order valence-corrected chi connectivity index (χ4v) is 2.73. The quantitative estimate of drug-likeness (QED) is 0.769. The molecule has 0 amide bonds. The van der Waals surface area contributed by atoms with Crippen LogP contribution in [-0.2, 0) is 4.74 Å². The van der Waals surface area contributed by atoms with E-state index in [1.165, 1.54) is 32.5 Å². The summed E-state index contributed by atoms with van der Waals surface area (Å²) < 4.78 is 5.21. The lowest BCUT2D eigenvalue weighted by Crippen LogP contribution is -2.10. The van der Waals surface area contributed by atoms with E-state index in [0.717, 1.165) is 0 Å². The molecule has 1 aliphatic carbocycles. The summed E-state index contributed by atoms with van der Waals surface area (Å²) >= 11 is 0. The van der Waals surface area contributed by atoms with Crippen LogP contribution >= 0.6 is 0 Å². The third-order valence-electron chi connectivity index (χ3n) is 3.37. The van der Waals surface area contributed by atoms with E-state index in [4.69, 9.17) is 4.74 Å². The smallest absolute Gasteiger partial charge is 0.261 e. The second-order valence-electron chi connectivity index (χ2n) is 4.41. The summed E-state index contributed by atoms with van der Waals surface area (Å²) in [6, 6.07) is 16.7.